The smallest absolute Gasteiger partial charge is 0.0486 e. The van der Waals surface area contributed by atoms with Crippen molar-refractivity contribution < 1.29 is 0 Å². The molecular formula is C20H25Cl2N3. The number of nitrogens with one attached hydrogen (secondary N) is 1. The van der Waals surface area contributed by atoms with Crippen LogP contribution in [0.2, 0.25) is 0 Å². The van der Waals surface area contributed by atoms with Gasteiger partial charge < -0.3 is 15.6 Å². The number of rotatable bonds is 3. The van der Waals surface area contributed by atoms with E-state index in [-0.39, 0.29) is 24.8 Å². The Bertz CT molecular complexity index is 805. The van der Waals surface area contributed by atoms with Gasteiger partial charge in [0, 0.05) is 29.3 Å². The van der Waals surface area contributed by atoms with Crippen LogP contribution in [0, 0.1) is 0 Å². The van der Waals surface area contributed by atoms with Gasteiger partial charge in [-0.2, -0.15) is 0 Å². The fourth-order valence-electron chi connectivity index (χ4n) is 3.68. The number of benzene rings is 2. The number of nitrogens with two attached hydrogens (primary N) is 1. The predicted octanol–water partition coefficient (Wildman–Crippen LogP) is 4.58. The predicted molar refractivity (Wildman–Crippen MR) is 111 cm³/mol. The van der Waals surface area contributed by atoms with Crippen LogP contribution < -0.4 is 11.1 Å². The molecule has 2 heterocycles. The highest BCUT2D eigenvalue weighted by atomic mass is 35.5. The summed E-state index contributed by atoms with van der Waals surface area (Å²) in [6.45, 7) is 3.15. The van der Waals surface area contributed by atoms with Gasteiger partial charge in [0.25, 0.3) is 0 Å². The minimum Gasteiger partial charge on any atom is -0.399 e. The molecule has 3 N–H and O–H groups in total. The van der Waals surface area contributed by atoms with Gasteiger partial charge in [-0.25, -0.2) is 0 Å². The standard InChI is InChI=1S/C20H23N3.2ClH/c21-17-7-5-15(6-8-17)13-23-14-19(16-9-11-22-12-10-16)18-3-1-2-4-20(18)23;;/h1-8,14,16,22H,9-13,21H2;2*1H. The van der Waals surface area contributed by atoms with Crippen LogP contribution in [0.4, 0.5) is 5.69 Å². The summed E-state index contributed by atoms with van der Waals surface area (Å²) < 4.78 is 2.39. The number of anilines is 1. The Kier molecular flexibility index (Phi) is 6.77. The molecule has 5 heteroatoms. The molecule has 134 valence electrons. The fourth-order valence-corrected chi connectivity index (χ4v) is 3.68. The van der Waals surface area contributed by atoms with Gasteiger partial charge in [-0.3, -0.25) is 0 Å². The zero-order valence-electron chi connectivity index (χ0n) is 14.2. The Hall–Kier alpha value is -1.68. The van der Waals surface area contributed by atoms with Crippen molar-refractivity contribution in [3.05, 3.63) is 65.9 Å². The van der Waals surface area contributed by atoms with E-state index in [0.29, 0.717) is 5.92 Å². The van der Waals surface area contributed by atoms with Gasteiger partial charge >= 0.3 is 0 Å². The van der Waals surface area contributed by atoms with Crippen molar-refractivity contribution in [2.75, 3.05) is 18.8 Å². The lowest BCUT2D eigenvalue weighted by atomic mass is 9.90. The quantitative estimate of drug-likeness (QED) is 0.655. The molecule has 0 bridgehead atoms. The second-order valence-corrected chi connectivity index (χ2v) is 6.50. The highest BCUT2D eigenvalue weighted by molar-refractivity contribution is 5.86. The zero-order valence-corrected chi connectivity index (χ0v) is 15.8. The summed E-state index contributed by atoms with van der Waals surface area (Å²) in [7, 11) is 0. The van der Waals surface area contributed by atoms with Crippen molar-refractivity contribution in [1.29, 1.82) is 0 Å². The number of aromatic nitrogens is 1. The monoisotopic (exact) mass is 377 g/mol. The maximum atomic E-state index is 5.80. The molecule has 0 unspecified atom stereocenters. The molecule has 2 aromatic carbocycles. The number of hydrogen-bond donors (Lipinski definition) is 2. The first kappa shape index (κ1) is 19.6. The van der Waals surface area contributed by atoms with Crippen LogP contribution in [0.5, 0.6) is 0 Å². The molecular weight excluding hydrogens is 353 g/mol. The average molecular weight is 378 g/mol. The van der Waals surface area contributed by atoms with Gasteiger partial charge in [0.05, 0.1) is 0 Å². The van der Waals surface area contributed by atoms with E-state index in [4.69, 9.17) is 5.73 Å². The normalized spacial score (nSPS) is 14.7. The molecule has 1 aromatic heterocycles. The second kappa shape index (κ2) is 8.61. The maximum Gasteiger partial charge on any atom is 0.0486 e. The summed E-state index contributed by atoms with van der Waals surface area (Å²) in [6, 6.07) is 17.0. The van der Waals surface area contributed by atoms with Crippen molar-refractivity contribution >= 4 is 41.4 Å². The van der Waals surface area contributed by atoms with Crippen LogP contribution >= 0.6 is 24.8 Å². The van der Waals surface area contributed by atoms with Gasteiger partial charge in [0.1, 0.15) is 0 Å². The van der Waals surface area contributed by atoms with E-state index in [1.54, 1.807) is 0 Å². The van der Waals surface area contributed by atoms with E-state index < -0.39 is 0 Å². The first-order valence-electron chi connectivity index (χ1n) is 8.44. The van der Waals surface area contributed by atoms with Crippen LogP contribution in [0.3, 0.4) is 0 Å². The van der Waals surface area contributed by atoms with E-state index in [1.165, 1.54) is 34.9 Å². The lowest BCUT2D eigenvalue weighted by molar-refractivity contribution is 0.461. The fraction of sp³-hybridized carbons (Fsp3) is 0.300. The third-order valence-corrected chi connectivity index (χ3v) is 4.93. The Morgan fingerprint density at radius 2 is 1.64 bits per heavy atom. The Morgan fingerprint density at radius 1 is 0.960 bits per heavy atom. The molecule has 0 saturated carbocycles. The van der Waals surface area contributed by atoms with Crippen molar-refractivity contribution in [3.8, 4) is 0 Å². The lowest BCUT2D eigenvalue weighted by Crippen LogP contribution is -2.26. The number of nitrogen functional groups attached to an aromatic ring is 1. The minimum atomic E-state index is 0. The summed E-state index contributed by atoms with van der Waals surface area (Å²) in [4.78, 5) is 0. The van der Waals surface area contributed by atoms with E-state index in [1.807, 2.05) is 12.1 Å². The highest BCUT2D eigenvalue weighted by Crippen LogP contribution is 2.33. The maximum absolute atomic E-state index is 5.80. The number of fused-ring (bicyclic) bond motifs is 1. The van der Waals surface area contributed by atoms with Crippen molar-refractivity contribution in [3.63, 3.8) is 0 Å². The molecule has 0 amide bonds. The third-order valence-electron chi connectivity index (χ3n) is 4.93. The number of halogens is 2. The topological polar surface area (TPSA) is 43.0 Å². The molecule has 1 aliphatic rings. The summed E-state index contributed by atoms with van der Waals surface area (Å²) in [5.74, 6) is 0.675. The molecule has 1 saturated heterocycles. The molecule has 3 aromatic rings. The molecule has 1 aliphatic heterocycles. The van der Waals surface area contributed by atoms with E-state index in [0.717, 1.165) is 25.3 Å². The number of hydrogen-bond acceptors (Lipinski definition) is 2. The number of para-hydroxylation sites is 1. The summed E-state index contributed by atoms with van der Waals surface area (Å²) in [5.41, 5.74) is 10.8. The van der Waals surface area contributed by atoms with Crippen LogP contribution in [0.25, 0.3) is 10.9 Å². The van der Waals surface area contributed by atoms with Gasteiger partial charge in [-0.15, -0.1) is 24.8 Å². The van der Waals surface area contributed by atoms with Gasteiger partial charge in [0.15, 0.2) is 0 Å². The zero-order chi connectivity index (χ0) is 15.6. The Labute approximate surface area is 161 Å². The summed E-state index contributed by atoms with van der Waals surface area (Å²) in [6.07, 6.45) is 4.84. The summed E-state index contributed by atoms with van der Waals surface area (Å²) >= 11 is 0. The third kappa shape index (κ3) is 4.12. The number of nitrogens with zero attached hydrogens (tertiary/aromatic N) is 1. The molecule has 0 spiro atoms. The van der Waals surface area contributed by atoms with E-state index >= 15 is 0 Å². The lowest BCUT2D eigenvalue weighted by Gasteiger charge is -2.22. The molecule has 3 nitrogen and oxygen atoms in total. The van der Waals surface area contributed by atoms with Gasteiger partial charge in [0.2, 0.25) is 0 Å². The molecule has 25 heavy (non-hydrogen) atoms. The van der Waals surface area contributed by atoms with Gasteiger partial charge in [-0.05, 0) is 61.2 Å². The molecule has 0 radical (unpaired) electrons. The van der Waals surface area contributed by atoms with Crippen LogP contribution in [0.1, 0.15) is 29.9 Å². The van der Waals surface area contributed by atoms with Crippen LogP contribution in [-0.4, -0.2) is 17.7 Å². The summed E-state index contributed by atoms with van der Waals surface area (Å²) in [5, 5.41) is 4.88. The Balaban J connectivity index is 0.00000113. The molecule has 1 fully saturated rings. The Morgan fingerprint density at radius 3 is 2.36 bits per heavy atom. The molecule has 4 rings (SSSR count). The van der Waals surface area contributed by atoms with Gasteiger partial charge in [-0.1, -0.05) is 30.3 Å². The first-order valence-corrected chi connectivity index (χ1v) is 8.44. The minimum absolute atomic E-state index is 0. The van der Waals surface area contributed by atoms with Crippen molar-refractivity contribution in [2.24, 2.45) is 0 Å². The highest BCUT2D eigenvalue weighted by Gasteiger charge is 2.19. The van der Waals surface area contributed by atoms with Crippen LogP contribution in [-0.2, 0) is 6.54 Å². The largest absolute Gasteiger partial charge is 0.399 e. The van der Waals surface area contributed by atoms with Crippen molar-refractivity contribution in [1.82, 2.24) is 9.88 Å². The van der Waals surface area contributed by atoms with Crippen molar-refractivity contribution in [2.45, 2.75) is 25.3 Å². The number of piperidine rings is 1. The SMILES string of the molecule is Cl.Cl.Nc1ccc(Cn2cc(C3CCNCC3)c3ccccc32)cc1. The van der Waals surface area contributed by atoms with Crippen LogP contribution in [0.15, 0.2) is 54.7 Å². The second-order valence-electron chi connectivity index (χ2n) is 6.50. The van der Waals surface area contributed by atoms with E-state index in [9.17, 15) is 0 Å². The first-order chi connectivity index (χ1) is 11.3. The molecule has 0 atom stereocenters. The average Bonchev–Trinajstić information content (AvgIpc) is 2.97. The molecule has 0 aliphatic carbocycles. The van der Waals surface area contributed by atoms with E-state index in [2.05, 4.69) is 52.5 Å².